The van der Waals surface area contributed by atoms with Crippen molar-refractivity contribution in [3.63, 3.8) is 0 Å². The van der Waals surface area contributed by atoms with Crippen molar-refractivity contribution in [2.75, 3.05) is 11.6 Å². The summed E-state index contributed by atoms with van der Waals surface area (Å²) in [7, 11) is -3.49. The third kappa shape index (κ3) is 3.81. The molecule has 1 aliphatic rings. The van der Waals surface area contributed by atoms with Gasteiger partial charge >= 0.3 is 0 Å². The second-order valence-electron chi connectivity index (χ2n) is 6.57. The lowest BCUT2D eigenvalue weighted by atomic mass is 9.90. The normalized spacial score (nSPS) is 14.0. The van der Waals surface area contributed by atoms with E-state index >= 15 is 0 Å². The number of aryl methyl sites for hydroxylation is 2. The summed E-state index contributed by atoms with van der Waals surface area (Å²) in [5.41, 5.74) is 4.62. The highest BCUT2D eigenvalue weighted by Gasteiger charge is 2.18. The molecular weight excluding hydrogens is 384 g/mol. The highest BCUT2D eigenvalue weighted by Crippen LogP contribution is 2.30. The van der Waals surface area contributed by atoms with E-state index in [2.05, 4.69) is 28.5 Å². The molecule has 0 saturated carbocycles. The molecule has 6 nitrogen and oxygen atoms in total. The Balaban J connectivity index is 1.51. The average molecular weight is 402 g/mol. The lowest BCUT2D eigenvalue weighted by Crippen LogP contribution is -2.10. The first-order valence-electron chi connectivity index (χ1n) is 8.59. The summed E-state index contributed by atoms with van der Waals surface area (Å²) in [6.45, 7) is 0. The molecule has 0 spiro atoms. The molecule has 0 saturated heterocycles. The van der Waals surface area contributed by atoms with Crippen LogP contribution in [0.5, 0.6) is 0 Å². The summed E-state index contributed by atoms with van der Waals surface area (Å²) in [5.74, 6) is -0.600. The molecule has 27 heavy (non-hydrogen) atoms. The fourth-order valence-electron chi connectivity index (χ4n) is 3.16. The van der Waals surface area contributed by atoms with Crippen LogP contribution in [0.1, 0.15) is 34.5 Å². The molecule has 3 aromatic rings. The summed E-state index contributed by atoms with van der Waals surface area (Å²) in [6.07, 6.45) is 5.71. The number of amides is 1. The summed E-state index contributed by atoms with van der Waals surface area (Å²) in [6, 6.07) is 9.02. The first kappa shape index (κ1) is 17.9. The molecular formula is C19H18N2O4S2. The van der Waals surface area contributed by atoms with Crippen molar-refractivity contribution in [1.29, 1.82) is 0 Å². The van der Waals surface area contributed by atoms with Gasteiger partial charge in [-0.05, 0) is 55.0 Å². The average Bonchev–Trinajstić information content (AvgIpc) is 3.30. The number of furan rings is 1. The molecule has 1 aromatic carbocycles. The molecule has 2 heterocycles. The molecule has 2 aromatic heterocycles. The highest BCUT2D eigenvalue weighted by atomic mass is 32.2. The van der Waals surface area contributed by atoms with Gasteiger partial charge in [0.25, 0.3) is 5.91 Å². The molecule has 8 heteroatoms. The van der Waals surface area contributed by atoms with Crippen LogP contribution in [-0.4, -0.2) is 25.6 Å². The lowest BCUT2D eigenvalue weighted by molar-refractivity contribution is 0.0991. The SMILES string of the molecule is CS(=O)(=O)c1ccc(C(=O)Nc2nc(-c3ccc4c(c3)CCCC4)cs2)o1. The van der Waals surface area contributed by atoms with Crippen molar-refractivity contribution in [1.82, 2.24) is 4.98 Å². The van der Waals surface area contributed by atoms with Crippen molar-refractivity contribution in [2.45, 2.75) is 30.8 Å². The van der Waals surface area contributed by atoms with Gasteiger partial charge < -0.3 is 4.42 Å². The number of sulfone groups is 1. The maximum atomic E-state index is 12.3. The van der Waals surface area contributed by atoms with Crippen LogP contribution in [0.15, 0.2) is 45.2 Å². The van der Waals surface area contributed by atoms with Crippen molar-refractivity contribution in [2.24, 2.45) is 0 Å². The Hall–Kier alpha value is -2.45. The van der Waals surface area contributed by atoms with Crippen LogP contribution in [-0.2, 0) is 22.7 Å². The maximum Gasteiger partial charge on any atom is 0.293 e. The smallest absolute Gasteiger partial charge is 0.293 e. The molecule has 1 amide bonds. The van der Waals surface area contributed by atoms with Gasteiger partial charge in [0.2, 0.25) is 14.9 Å². The number of carbonyl (C=O) groups is 1. The largest absolute Gasteiger partial charge is 0.440 e. The van der Waals surface area contributed by atoms with Crippen molar-refractivity contribution >= 4 is 32.2 Å². The van der Waals surface area contributed by atoms with Crippen LogP contribution in [0, 0.1) is 0 Å². The van der Waals surface area contributed by atoms with Crippen LogP contribution >= 0.6 is 11.3 Å². The van der Waals surface area contributed by atoms with Gasteiger partial charge in [-0.25, -0.2) is 13.4 Å². The summed E-state index contributed by atoms with van der Waals surface area (Å²) < 4.78 is 28.0. The van der Waals surface area contributed by atoms with Gasteiger partial charge in [0.15, 0.2) is 10.9 Å². The van der Waals surface area contributed by atoms with E-state index in [0.717, 1.165) is 30.4 Å². The van der Waals surface area contributed by atoms with E-state index in [0.29, 0.717) is 5.13 Å². The second-order valence-corrected chi connectivity index (χ2v) is 9.38. The molecule has 1 N–H and O–H groups in total. The fourth-order valence-corrected chi connectivity index (χ4v) is 4.43. The predicted octanol–water partition coefficient (Wildman–Crippen LogP) is 3.94. The van der Waals surface area contributed by atoms with Crippen LogP contribution in [0.4, 0.5) is 5.13 Å². The first-order valence-corrected chi connectivity index (χ1v) is 11.4. The zero-order chi connectivity index (χ0) is 19.0. The molecule has 0 atom stereocenters. The van der Waals surface area contributed by atoms with E-state index in [-0.39, 0.29) is 10.9 Å². The van der Waals surface area contributed by atoms with E-state index in [9.17, 15) is 13.2 Å². The number of aromatic nitrogens is 1. The highest BCUT2D eigenvalue weighted by molar-refractivity contribution is 7.90. The topological polar surface area (TPSA) is 89.3 Å². The molecule has 4 rings (SSSR count). The summed E-state index contributed by atoms with van der Waals surface area (Å²) >= 11 is 1.31. The Morgan fingerprint density at radius 3 is 2.67 bits per heavy atom. The first-order chi connectivity index (χ1) is 12.9. The number of nitrogens with zero attached hydrogens (tertiary/aromatic N) is 1. The molecule has 0 bridgehead atoms. The predicted molar refractivity (Wildman–Crippen MR) is 104 cm³/mol. The monoisotopic (exact) mass is 402 g/mol. The second kappa shape index (κ2) is 6.94. The lowest BCUT2D eigenvalue weighted by Gasteiger charge is -2.16. The van der Waals surface area contributed by atoms with E-state index < -0.39 is 15.7 Å². The molecule has 1 aliphatic carbocycles. The Morgan fingerprint density at radius 1 is 1.15 bits per heavy atom. The molecule has 0 fully saturated rings. The van der Waals surface area contributed by atoms with Crippen LogP contribution in [0.2, 0.25) is 0 Å². The molecule has 0 unspecified atom stereocenters. The Labute approximate surface area is 161 Å². The standard InChI is InChI=1S/C19H18N2O4S2/c1-27(23,24)17-9-8-16(25-17)18(22)21-19-20-15(11-26-19)14-7-6-12-4-2-3-5-13(12)10-14/h6-11H,2-5H2,1H3,(H,20,21,22). The Morgan fingerprint density at radius 2 is 1.93 bits per heavy atom. The van der Waals surface area contributed by atoms with Crippen LogP contribution < -0.4 is 5.32 Å². The molecule has 140 valence electrons. The van der Waals surface area contributed by atoms with Crippen molar-refractivity contribution < 1.29 is 17.6 Å². The van der Waals surface area contributed by atoms with E-state index in [1.165, 1.54) is 47.4 Å². The van der Waals surface area contributed by atoms with Crippen molar-refractivity contribution in [3.05, 3.63) is 52.6 Å². The summed E-state index contributed by atoms with van der Waals surface area (Å²) in [4.78, 5) is 16.7. The van der Waals surface area contributed by atoms with E-state index in [1.807, 2.05) is 5.38 Å². The number of anilines is 1. The number of benzene rings is 1. The van der Waals surface area contributed by atoms with Crippen LogP contribution in [0.3, 0.4) is 0 Å². The van der Waals surface area contributed by atoms with Gasteiger partial charge in [0.05, 0.1) is 5.69 Å². The van der Waals surface area contributed by atoms with E-state index in [1.54, 1.807) is 0 Å². The molecule has 0 radical (unpaired) electrons. The van der Waals surface area contributed by atoms with Crippen LogP contribution in [0.25, 0.3) is 11.3 Å². The van der Waals surface area contributed by atoms with E-state index in [4.69, 9.17) is 4.42 Å². The minimum absolute atomic E-state index is 0.0686. The summed E-state index contributed by atoms with van der Waals surface area (Å²) in [5, 5.41) is 4.75. The van der Waals surface area contributed by atoms with Gasteiger partial charge in [-0.2, -0.15) is 0 Å². The zero-order valence-corrected chi connectivity index (χ0v) is 16.3. The maximum absolute atomic E-state index is 12.3. The molecule has 0 aliphatic heterocycles. The third-order valence-electron chi connectivity index (χ3n) is 4.54. The zero-order valence-electron chi connectivity index (χ0n) is 14.7. The number of carbonyl (C=O) groups excluding carboxylic acids is 1. The number of hydrogen-bond donors (Lipinski definition) is 1. The number of rotatable bonds is 4. The van der Waals surface area contributed by atoms with Gasteiger partial charge in [0, 0.05) is 17.2 Å². The van der Waals surface area contributed by atoms with Gasteiger partial charge in [-0.15, -0.1) is 11.3 Å². The number of fused-ring (bicyclic) bond motifs is 1. The quantitative estimate of drug-likeness (QED) is 0.714. The third-order valence-corrected chi connectivity index (χ3v) is 6.25. The van der Waals surface area contributed by atoms with Crippen molar-refractivity contribution in [3.8, 4) is 11.3 Å². The minimum atomic E-state index is -3.49. The minimum Gasteiger partial charge on any atom is -0.440 e. The van der Waals surface area contributed by atoms with Gasteiger partial charge in [-0.3, -0.25) is 10.1 Å². The van der Waals surface area contributed by atoms with Gasteiger partial charge in [0.1, 0.15) is 0 Å². The Kier molecular flexibility index (Phi) is 4.61. The number of hydrogen-bond acceptors (Lipinski definition) is 6. The fraction of sp³-hybridized carbons (Fsp3) is 0.263. The van der Waals surface area contributed by atoms with Gasteiger partial charge in [-0.1, -0.05) is 12.1 Å². The number of nitrogens with one attached hydrogen (secondary N) is 1. The Bertz CT molecular complexity index is 1110. The number of thiazole rings is 1.